The van der Waals surface area contributed by atoms with E-state index in [4.69, 9.17) is 0 Å². The normalized spacial score (nSPS) is 17.1. The average Bonchev–Trinajstić information content (AvgIpc) is 3.49. The number of para-hydroxylation sites is 1. The minimum Gasteiger partial charge on any atom is -0.324 e. The molecule has 0 radical (unpaired) electrons. The molecule has 0 aliphatic carbocycles. The van der Waals surface area contributed by atoms with E-state index in [2.05, 4.69) is 25.9 Å². The van der Waals surface area contributed by atoms with Crippen molar-refractivity contribution in [3.05, 3.63) is 71.9 Å². The number of anilines is 1. The van der Waals surface area contributed by atoms with Crippen LogP contribution in [0.1, 0.15) is 28.8 Å². The fourth-order valence-corrected chi connectivity index (χ4v) is 4.74. The summed E-state index contributed by atoms with van der Waals surface area (Å²) in [6.45, 7) is 0.0764. The summed E-state index contributed by atoms with van der Waals surface area (Å²) >= 11 is 0. The molecule has 1 atom stereocenters. The Labute approximate surface area is 210 Å². The number of hydrogen-bond acceptors (Lipinski definition) is 7. The largest absolute Gasteiger partial charge is 0.324 e. The van der Waals surface area contributed by atoms with Gasteiger partial charge >= 0.3 is 0 Å². The fourth-order valence-electron chi connectivity index (χ4n) is 4.74. The number of amides is 4. The van der Waals surface area contributed by atoms with E-state index in [0.29, 0.717) is 28.2 Å². The second kappa shape index (κ2) is 8.94. The lowest BCUT2D eigenvalue weighted by molar-refractivity contribution is -0.137. The number of piperidine rings is 1. The van der Waals surface area contributed by atoms with E-state index in [-0.39, 0.29) is 43.7 Å². The van der Waals surface area contributed by atoms with Crippen LogP contribution in [0.5, 0.6) is 0 Å². The summed E-state index contributed by atoms with van der Waals surface area (Å²) in [4.78, 5) is 55.7. The molecule has 11 nitrogen and oxygen atoms in total. The molecule has 0 saturated carbocycles. The number of benzene rings is 2. The van der Waals surface area contributed by atoms with Gasteiger partial charge in [0.05, 0.1) is 17.4 Å². The lowest BCUT2D eigenvalue weighted by Crippen LogP contribution is -2.52. The molecule has 4 heterocycles. The molecule has 2 aliphatic rings. The van der Waals surface area contributed by atoms with Crippen molar-refractivity contribution in [3.8, 4) is 11.4 Å². The van der Waals surface area contributed by atoms with Gasteiger partial charge < -0.3 is 10.2 Å². The molecule has 37 heavy (non-hydrogen) atoms. The third kappa shape index (κ3) is 4.20. The van der Waals surface area contributed by atoms with E-state index in [1.807, 2.05) is 36.4 Å². The van der Waals surface area contributed by atoms with E-state index in [1.165, 1.54) is 9.58 Å². The highest BCUT2D eigenvalue weighted by Crippen LogP contribution is 2.32. The zero-order valence-electron chi connectivity index (χ0n) is 19.5. The number of hydrogen-bond donors (Lipinski definition) is 2. The Bertz CT molecular complexity index is 1590. The van der Waals surface area contributed by atoms with Crippen LogP contribution in [0.2, 0.25) is 0 Å². The second-order valence-corrected chi connectivity index (χ2v) is 8.97. The van der Waals surface area contributed by atoms with Crippen molar-refractivity contribution in [2.24, 2.45) is 0 Å². The number of carbonyl (C=O) groups is 4. The maximum Gasteiger partial charge on any atom is 0.255 e. The Morgan fingerprint density at radius 1 is 1.03 bits per heavy atom. The van der Waals surface area contributed by atoms with Crippen LogP contribution in [-0.4, -0.2) is 54.5 Å². The topological polar surface area (TPSA) is 139 Å². The van der Waals surface area contributed by atoms with Crippen LogP contribution < -0.4 is 10.6 Å². The van der Waals surface area contributed by atoms with Crippen LogP contribution in [0.3, 0.4) is 0 Å². The number of fused-ring (bicyclic) bond motifs is 2. The van der Waals surface area contributed by atoms with Crippen LogP contribution in [0, 0.1) is 0 Å². The van der Waals surface area contributed by atoms with Crippen molar-refractivity contribution >= 4 is 40.2 Å². The molecule has 0 bridgehead atoms. The zero-order chi connectivity index (χ0) is 25.5. The van der Waals surface area contributed by atoms with Gasteiger partial charge in [-0.25, -0.2) is 9.67 Å². The summed E-state index contributed by atoms with van der Waals surface area (Å²) in [5.41, 5.74) is 3.58. The highest BCUT2D eigenvalue weighted by Gasteiger charge is 2.39. The van der Waals surface area contributed by atoms with E-state index >= 15 is 0 Å². The molecule has 4 aromatic rings. The Balaban J connectivity index is 1.16. The standard InChI is InChI=1S/C26H21N7O4/c34-23-11-10-22(25(36)29-23)33-12-17-16(26(33)37)5-3-7-19(17)28-24(35)14-32-13-21(30-31-32)20-9-8-15-4-1-2-6-18(15)27-20/h1-9,13,22H,10-12,14H2,(H,28,35)(H,29,34,36). The highest BCUT2D eigenvalue weighted by molar-refractivity contribution is 6.06. The summed E-state index contributed by atoms with van der Waals surface area (Å²) in [6, 6.07) is 15.9. The second-order valence-electron chi connectivity index (χ2n) is 8.97. The van der Waals surface area contributed by atoms with Crippen LogP contribution in [-0.2, 0) is 27.5 Å². The summed E-state index contributed by atoms with van der Waals surface area (Å²) in [5, 5.41) is 14.4. The molecule has 1 fully saturated rings. The summed E-state index contributed by atoms with van der Waals surface area (Å²) in [7, 11) is 0. The third-order valence-corrected chi connectivity index (χ3v) is 6.56. The van der Waals surface area contributed by atoms with Crippen molar-refractivity contribution < 1.29 is 19.2 Å². The number of carbonyl (C=O) groups excluding carboxylic acids is 4. The predicted molar refractivity (Wildman–Crippen MR) is 132 cm³/mol. The Hall–Kier alpha value is -4.93. The number of nitrogens with one attached hydrogen (secondary N) is 2. The van der Waals surface area contributed by atoms with Gasteiger partial charge in [0.1, 0.15) is 18.3 Å². The Morgan fingerprint density at radius 2 is 1.89 bits per heavy atom. The molecule has 2 aromatic heterocycles. The monoisotopic (exact) mass is 495 g/mol. The maximum atomic E-state index is 13.0. The smallest absolute Gasteiger partial charge is 0.255 e. The third-order valence-electron chi connectivity index (χ3n) is 6.56. The highest BCUT2D eigenvalue weighted by atomic mass is 16.2. The van der Waals surface area contributed by atoms with Gasteiger partial charge in [0, 0.05) is 35.2 Å². The first kappa shape index (κ1) is 22.5. The number of aromatic nitrogens is 4. The molecule has 1 unspecified atom stereocenters. The van der Waals surface area contributed by atoms with Gasteiger partial charge in [-0.2, -0.15) is 0 Å². The summed E-state index contributed by atoms with van der Waals surface area (Å²) in [5.74, 6) is -1.47. The van der Waals surface area contributed by atoms with Gasteiger partial charge in [0.2, 0.25) is 17.7 Å². The van der Waals surface area contributed by atoms with Crippen LogP contribution in [0.4, 0.5) is 5.69 Å². The molecule has 2 aromatic carbocycles. The first-order chi connectivity index (χ1) is 18.0. The van der Waals surface area contributed by atoms with Gasteiger partial charge in [-0.1, -0.05) is 35.5 Å². The first-order valence-corrected chi connectivity index (χ1v) is 11.8. The molecule has 184 valence electrons. The van der Waals surface area contributed by atoms with E-state index in [0.717, 1.165) is 10.9 Å². The van der Waals surface area contributed by atoms with Crippen molar-refractivity contribution in [2.75, 3.05) is 5.32 Å². The SMILES string of the molecule is O=C1CCC(N2Cc3c(NC(=O)Cn4cc(-c5ccc6ccccc6n5)nn4)cccc3C2=O)C(=O)N1. The fraction of sp³-hybridized carbons (Fsp3) is 0.192. The van der Waals surface area contributed by atoms with Gasteiger partial charge in [-0.05, 0) is 30.7 Å². The number of imide groups is 1. The summed E-state index contributed by atoms with van der Waals surface area (Å²) < 4.78 is 1.42. The van der Waals surface area contributed by atoms with Crippen LogP contribution in [0.15, 0.2) is 60.8 Å². The van der Waals surface area contributed by atoms with Crippen molar-refractivity contribution in [1.29, 1.82) is 0 Å². The molecule has 0 spiro atoms. The van der Waals surface area contributed by atoms with Gasteiger partial charge in [-0.15, -0.1) is 5.10 Å². The zero-order valence-corrected chi connectivity index (χ0v) is 19.5. The molecule has 2 N–H and O–H groups in total. The lowest BCUT2D eigenvalue weighted by Gasteiger charge is -2.29. The molecular formula is C26H21N7O4. The van der Waals surface area contributed by atoms with Gasteiger partial charge in [0.25, 0.3) is 5.91 Å². The van der Waals surface area contributed by atoms with Crippen LogP contribution in [0.25, 0.3) is 22.3 Å². The Morgan fingerprint density at radius 3 is 2.76 bits per heavy atom. The predicted octanol–water partition coefficient (Wildman–Crippen LogP) is 1.89. The number of pyridine rings is 1. The quantitative estimate of drug-likeness (QED) is 0.403. The first-order valence-electron chi connectivity index (χ1n) is 11.8. The summed E-state index contributed by atoms with van der Waals surface area (Å²) in [6.07, 6.45) is 2.10. The molecular weight excluding hydrogens is 474 g/mol. The molecule has 2 aliphatic heterocycles. The van der Waals surface area contributed by atoms with E-state index in [1.54, 1.807) is 24.4 Å². The van der Waals surface area contributed by atoms with Gasteiger partial charge in [0.15, 0.2) is 0 Å². The lowest BCUT2D eigenvalue weighted by atomic mass is 10.0. The van der Waals surface area contributed by atoms with Crippen molar-refractivity contribution in [1.82, 2.24) is 30.2 Å². The number of rotatable bonds is 5. The molecule has 11 heteroatoms. The maximum absolute atomic E-state index is 13.0. The molecule has 6 rings (SSSR count). The number of nitrogens with zero attached hydrogens (tertiary/aromatic N) is 5. The van der Waals surface area contributed by atoms with Gasteiger partial charge in [-0.3, -0.25) is 24.5 Å². The average molecular weight is 495 g/mol. The van der Waals surface area contributed by atoms with Crippen molar-refractivity contribution in [3.63, 3.8) is 0 Å². The Kier molecular flexibility index (Phi) is 5.44. The van der Waals surface area contributed by atoms with Crippen molar-refractivity contribution in [2.45, 2.75) is 32.0 Å². The van der Waals surface area contributed by atoms with E-state index < -0.39 is 11.9 Å². The molecule has 4 amide bonds. The van der Waals surface area contributed by atoms with E-state index in [9.17, 15) is 19.2 Å². The minimum absolute atomic E-state index is 0.0882. The minimum atomic E-state index is -0.724. The van der Waals surface area contributed by atoms with Crippen LogP contribution >= 0.6 is 0 Å². The molecule has 1 saturated heterocycles.